The molecule has 0 saturated heterocycles. The molecular weight excluding hydrogens is 339 g/mol. The Hall–Kier alpha value is 0.390. The van der Waals surface area contributed by atoms with E-state index in [1.165, 1.54) is 32.1 Å². The molecular formula is C15H25IO2. The molecule has 104 valence electrons. The number of hydrogen-bond donors (Lipinski definition) is 0. The van der Waals surface area contributed by atoms with Crippen LogP contribution >= 0.6 is 22.6 Å². The minimum atomic E-state index is -0.0876. The van der Waals surface area contributed by atoms with Gasteiger partial charge in [0.05, 0.1) is 6.10 Å². The Bertz CT molecular complexity index is 270. The molecule has 2 nitrogen and oxygen atoms in total. The van der Waals surface area contributed by atoms with Crippen molar-refractivity contribution in [3.05, 3.63) is 10.2 Å². The van der Waals surface area contributed by atoms with E-state index in [2.05, 4.69) is 32.7 Å². The first-order chi connectivity index (χ1) is 8.74. The number of ether oxygens (including phenoxy) is 2. The molecule has 2 fully saturated rings. The Morgan fingerprint density at radius 2 is 2.00 bits per heavy atom. The van der Waals surface area contributed by atoms with Gasteiger partial charge in [0.1, 0.15) is 0 Å². The first-order valence-corrected chi connectivity index (χ1v) is 8.53. The standard InChI is InChI=1S/C15H25IO2/c1-3-17-11(2)18-15(7-8-16)14-9-13(10-14)12-5-4-6-12/h7-8,11-15H,3-6,9-10H2,1-2H3. The highest BCUT2D eigenvalue weighted by atomic mass is 127. The van der Waals surface area contributed by atoms with Crippen molar-refractivity contribution in [1.29, 1.82) is 0 Å². The molecule has 0 bridgehead atoms. The van der Waals surface area contributed by atoms with Gasteiger partial charge in [-0.25, -0.2) is 0 Å². The summed E-state index contributed by atoms with van der Waals surface area (Å²) in [5, 5.41) is 0. The Morgan fingerprint density at radius 1 is 1.28 bits per heavy atom. The van der Waals surface area contributed by atoms with Gasteiger partial charge >= 0.3 is 0 Å². The first kappa shape index (κ1) is 14.8. The minimum Gasteiger partial charge on any atom is -0.353 e. The summed E-state index contributed by atoms with van der Waals surface area (Å²) in [6.45, 7) is 4.73. The summed E-state index contributed by atoms with van der Waals surface area (Å²) in [6, 6.07) is 0. The summed E-state index contributed by atoms with van der Waals surface area (Å²) in [4.78, 5) is 0. The van der Waals surface area contributed by atoms with E-state index in [4.69, 9.17) is 9.47 Å². The van der Waals surface area contributed by atoms with Crippen molar-refractivity contribution in [2.75, 3.05) is 6.61 Å². The largest absolute Gasteiger partial charge is 0.353 e. The Morgan fingerprint density at radius 3 is 2.50 bits per heavy atom. The van der Waals surface area contributed by atoms with Crippen LogP contribution in [-0.4, -0.2) is 19.0 Å². The molecule has 2 unspecified atom stereocenters. The number of hydrogen-bond acceptors (Lipinski definition) is 2. The van der Waals surface area contributed by atoms with Crippen molar-refractivity contribution in [2.24, 2.45) is 17.8 Å². The zero-order valence-corrected chi connectivity index (χ0v) is 13.6. The lowest BCUT2D eigenvalue weighted by molar-refractivity contribution is -0.169. The van der Waals surface area contributed by atoms with Gasteiger partial charge in [0.2, 0.25) is 0 Å². The Balaban J connectivity index is 1.76. The van der Waals surface area contributed by atoms with Crippen molar-refractivity contribution >= 4 is 22.6 Å². The van der Waals surface area contributed by atoms with Crippen LogP contribution < -0.4 is 0 Å². The average Bonchev–Trinajstić information content (AvgIpc) is 2.19. The predicted molar refractivity (Wildman–Crippen MR) is 82.7 cm³/mol. The van der Waals surface area contributed by atoms with Gasteiger partial charge < -0.3 is 9.47 Å². The third kappa shape index (κ3) is 3.70. The molecule has 3 heteroatoms. The summed E-state index contributed by atoms with van der Waals surface area (Å²) in [6.07, 6.45) is 9.47. The molecule has 0 N–H and O–H groups in total. The molecule has 0 radical (unpaired) electrons. The van der Waals surface area contributed by atoms with E-state index < -0.39 is 0 Å². The summed E-state index contributed by atoms with van der Waals surface area (Å²) < 4.78 is 13.6. The van der Waals surface area contributed by atoms with Crippen LogP contribution in [0.15, 0.2) is 10.2 Å². The van der Waals surface area contributed by atoms with E-state index >= 15 is 0 Å². The van der Waals surface area contributed by atoms with E-state index in [0.717, 1.165) is 18.4 Å². The van der Waals surface area contributed by atoms with Gasteiger partial charge in [-0.1, -0.05) is 41.9 Å². The molecule has 2 aliphatic rings. The van der Waals surface area contributed by atoms with Crippen LogP contribution in [0, 0.1) is 17.8 Å². The molecule has 2 atom stereocenters. The van der Waals surface area contributed by atoms with E-state index in [1.54, 1.807) is 0 Å². The third-order valence-electron chi connectivity index (χ3n) is 4.50. The van der Waals surface area contributed by atoms with Crippen molar-refractivity contribution in [1.82, 2.24) is 0 Å². The highest BCUT2D eigenvalue weighted by Gasteiger charge is 2.40. The number of rotatable bonds is 7. The van der Waals surface area contributed by atoms with Gasteiger partial charge in [0.15, 0.2) is 6.29 Å². The molecule has 2 saturated carbocycles. The van der Waals surface area contributed by atoms with Gasteiger partial charge in [-0.2, -0.15) is 0 Å². The van der Waals surface area contributed by atoms with Gasteiger partial charge in [-0.15, -0.1) is 0 Å². The van der Waals surface area contributed by atoms with Crippen LogP contribution in [-0.2, 0) is 9.47 Å². The van der Waals surface area contributed by atoms with Gasteiger partial charge in [0.25, 0.3) is 0 Å². The van der Waals surface area contributed by atoms with E-state index in [-0.39, 0.29) is 12.4 Å². The molecule has 0 aromatic rings. The lowest BCUT2D eigenvalue weighted by Crippen LogP contribution is -2.41. The summed E-state index contributed by atoms with van der Waals surface area (Å²) in [5.41, 5.74) is 0. The van der Waals surface area contributed by atoms with Crippen molar-refractivity contribution < 1.29 is 9.47 Å². The highest BCUT2D eigenvalue weighted by molar-refractivity contribution is 14.1. The van der Waals surface area contributed by atoms with Crippen LogP contribution in [0.1, 0.15) is 46.0 Å². The van der Waals surface area contributed by atoms with Crippen LogP contribution in [0.5, 0.6) is 0 Å². The maximum absolute atomic E-state index is 6.00. The maximum atomic E-state index is 6.00. The molecule has 0 heterocycles. The van der Waals surface area contributed by atoms with Gasteiger partial charge in [-0.3, -0.25) is 0 Å². The molecule has 0 spiro atoms. The normalized spacial score (nSPS) is 31.9. The first-order valence-electron chi connectivity index (χ1n) is 7.28. The highest BCUT2D eigenvalue weighted by Crippen LogP contribution is 2.48. The molecule has 0 aromatic heterocycles. The lowest BCUT2D eigenvalue weighted by atomic mass is 9.61. The fourth-order valence-electron chi connectivity index (χ4n) is 3.15. The van der Waals surface area contributed by atoms with Gasteiger partial charge in [0, 0.05) is 6.61 Å². The van der Waals surface area contributed by atoms with Crippen molar-refractivity contribution in [3.8, 4) is 0 Å². The summed E-state index contributed by atoms with van der Waals surface area (Å²) in [7, 11) is 0. The predicted octanol–water partition coefficient (Wildman–Crippen LogP) is 4.53. The Kier molecular flexibility index (Phi) is 5.96. The topological polar surface area (TPSA) is 18.5 Å². The molecule has 18 heavy (non-hydrogen) atoms. The van der Waals surface area contributed by atoms with E-state index in [1.807, 2.05) is 13.8 Å². The lowest BCUT2D eigenvalue weighted by Gasteiger charge is -2.46. The molecule has 2 rings (SSSR count). The SMILES string of the molecule is CCOC(C)OC(C=CI)C1CC(C2CCC2)C1. The minimum absolute atomic E-state index is 0.0876. The van der Waals surface area contributed by atoms with Gasteiger partial charge in [-0.05, 0) is 54.6 Å². The zero-order valence-electron chi connectivity index (χ0n) is 11.5. The third-order valence-corrected chi connectivity index (χ3v) is 4.92. The van der Waals surface area contributed by atoms with Crippen LogP contribution in [0.3, 0.4) is 0 Å². The molecule has 0 aromatic carbocycles. The zero-order chi connectivity index (χ0) is 13.0. The smallest absolute Gasteiger partial charge is 0.155 e. The van der Waals surface area contributed by atoms with E-state index in [9.17, 15) is 0 Å². The maximum Gasteiger partial charge on any atom is 0.155 e. The van der Waals surface area contributed by atoms with Crippen molar-refractivity contribution in [3.63, 3.8) is 0 Å². The monoisotopic (exact) mass is 364 g/mol. The summed E-state index contributed by atoms with van der Waals surface area (Å²) >= 11 is 2.28. The van der Waals surface area contributed by atoms with Crippen LogP contribution in [0.4, 0.5) is 0 Å². The molecule has 0 aliphatic heterocycles. The Labute approximate surface area is 125 Å². The second kappa shape index (κ2) is 7.25. The fraction of sp³-hybridized carbons (Fsp3) is 0.867. The average molecular weight is 364 g/mol. The summed E-state index contributed by atoms with van der Waals surface area (Å²) in [5.74, 6) is 2.74. The van der Waals surface area contributed by atoms with Crippen LogP contribution in [0.25, 0.3) is 0 Å². The second-order valence-electron chi connectivity index (χ2n) is 5.62. The quantitative estimate of drug-likeness (QED) is 0.488. The molecule has 2 aliphatic carbocycles. The molecule has 0 amide bonds. The van der Waals surface area contributed by atoms with E-state index in [0.29, 0.717) is 5.92 Å². The fourth-order valence-corrected chi connectivity index (χ4v) is 3.56. The van der Waals surface area contributed by atoms with Crippen LogP contribution in [0.2, 0.25) is 0 Å². The number of halogens is 1. The second-order valence-corrected chi connectivity index (χ2v) is 6.34. The van der Waals surface area contributed by atoms with Crippen molar-refractivity contribution in [2.45, 2.75) is 58.3 Å².